The predicted molar refractivity (Wildman–Crippen MR) is 66.3 cm³/mol. The minimum atomic E-state index is -0.783. The smallest absolute Gasteiger partial charge is 0.211 e. The second kappa shape index (κ2) is 5.22. The van der Waals surface area contributed by atoms with Gasteiger partial charge in [-0.2, -0.15) is 10.2 Å². The van der Waals surface area contributed by atoms with Crippen molar-refractivity contribution in [2.45, 2.75) is 26.0 Å². The average molecular weight is 250 g/mol. The molecule has 0 aromatic carbocycles. The molecule has 0 amide bonds. The van der Waals surface area contributed by atoms with Gasteiger partial charge in [-0.15, -0.1) is 0 Å². The molecule has 2 heterocycles. The number of aryl methyl sites for hydroxylation is 2. The van der Waals surface area contributed by atoms with Crippen LogP contribution in [0.1, 0.15) is 30.8 Å². The summed E-state index contributed by atoms with van der Waals surface area (Å²) in [6, 6.07) is 3.54. The summed E-state index contributed by atoms with van der Waals surface area (Å²) in [5.41, 5.74) is 1.31. The molecule has 1 unspecified atom stereocenters. The first-order valence-corrected chi connectivity index (χ1v) is 5.95. The summed E-state index contributed by atoms with van der Waals surface area (Å²) in [4.78, 5) is 0. The van der Waals surface area contributed by atoms with Crippen LogP contribution in [-0.4, -0.2) is 31.8 Å². The van der Waals surface area contributed by atoms with Gasteiger partial charge >= 0.3 is 0 Å². The molecule has 0 aliphatic carbocycles. The molecule has 0 saturated carbocycles. The van der Waals surface area contributed by atoms with Gasteiger partial charge in [0.15, 0.2) is 0 Å². The number of hydrogen-bond acceptors (Lipinski definition) is 4. The molecule has 0 aliphatic rings. The van der Waals surface area contributed by atoms with Gasteiger partial charge in [-0.05, 0) is 12.5 Å². The van der Waals surface area contributed by atoms with E-state index in [2.05, 4.69) is 17.1 Å². The van der Waals surface area contributed by atoms with Gasteiger partial charge in [0.25, 0.3) is 0 Å². The van der Waals surface area contributed by atoms with Crippen molar-refractivity contribution in [1.82, 2.24) is 19.6 Å². The van der Waals surface area contributed by atoms with E-state index in [1.165, 1.54) is 0 Å². The Labute approximate surface area is 106 Å². The van der Waals surface area contributed by atoms with Crippen LogP contribution in [0.2, 0.25) is 0 Å². The number of methoxy groups -OCH3 is 1. The van der Waals surface area contributed by atoms with E-state index in [1.807, 2.05) is 6.07 Å². The lowest BCUT2D eigenvalue weighted by atomic mass is 10.2. The molecule has 2 aromatic heterocycles. The van der Waals surface area contributed by atoms with Crippen molar-refractivity contribution >= 4 is 0 Å². The first kappa shape index (κ1) is 12.6. The van der Waals surface area contributed by atoms with Gasteiger partial charge in [0.2, 0.25) is 5.88 Å². The summed E-state index contributed by atoms with van der Waals surface area (Å²) in [5.74, 6) is 0.616. The zero-order valence-corrected chi connectivity index (χ0v) is 10.9. The largest absolute Gasteiger partial charge is 0.481 e. The van der Waals surface area contributed by atoms with Crippen molar-refractivity contribution in [1.29, 1.82) is 0 Å². The second-order valence-corrected chi connectivity index (χ2v) is 4.12. The highest BCUT2D eigenvalue weighted by molar-refractivity contribution is 5.24. The van der Waals surface area contributed by atoms with Gasteiger partial charge < -0.3 is 9.84 Å². The molecule has 0 spiro atoms. The topological polar surface area (TPSA) is 65.1 Å². The summed E-state index contributed by atoms with van der Waals surface area (Å²) < 4.78 is 8.53. The van der Waals surface area contributed by atoms with Crippen molar-refractivity contribution in [3.8, 4) is 5.88 Å². The van der Waals surface area contributed by atoms with Crippen LogP contribution < -0.4 is 4.74 Å². The molecule has 0 aliphatic heterocycles. The van der Waals surface area contributed by atoms with Crippen molar-refractivity contribution in [3.05, 3.63) is 29.7 Å². The molecule has 18 heavy (non-hydrogen) atoms. The van der Waals surface area contributed by atoms with E-state index in [1.54, 1.807) is 35.8 Å². The Morgan fingerprint density at radius 3 is 2.89 bits per heavy atom. The molecule has 98 valence electrons. The Bertz CT molecular complexity index is 518. The van der Waals surface area contributed by atoms with E-state index in [9.17, 15) is 5.11 Å². The van der Waals surface area contributed by atoms with E-state index in [0.717, 1.165) is 18.7 Å². The molecule has 1 N–H and O–H groups in total. The molecule has 0 bridgehead atoms. The number of hydrogen-bond donors (Lipinski definition) is 1. The van der Waals surface area contributed by atoms with Crippen molar-refractivity contribution in [2.75, 3.05) is 7.11 Å². The minimum Gasteiger partial charge on any atom is -0.481 e. The Balaban J connectivity index is 2.29. The Morgan fingerprint density at radius 2 is 2.28 bits per heavy atom. The summed E-state index contributed by atoms with van der Waals surface area (Å²) >= 11 is 0. The number of rotatable bonds is 5. The summed E-state index contributed by atoms with van der Waals surface area (Å²) in [6.07, 6.45) is 1.87. The van der Waals surface area contributed by atoms with Crippen LogP contribution in [0.15, 0.2) is 18.3 Å². The Hall–Kier alpha value is -1.82. The molecular formula is C12H18N4O2. The Kier molecular flexibility index (Phi) is 3.66. The summed E-state index contributed by atoms with van der Waals surface area (Å²) in [5, 5.41) is 18.8. The lowest BCUT2D eigenvalue weighted by Crippen LogP contribution is -2.10. The fraction of sp³-hybridized carbons (Fsp3) is 0.500. The van der Waals surface area contributed by atoms with Crippen LogP contribution in [0.25, 0.3) is 0 Å². The van der Waals surface area contributed by atoms with Gasteiger partial charge in [0.1, 0.15) is 11.8 Å². The third-order valence-corrected chi connectivity index (χ3v) is 2.81. The van der Waals surface area contributed by atoms with Crippen molar-refractivity contribution in [2.24, 2.45) is 7.05 Å². The number of aliphatic hydroxyl groups is 1. The van der Waals surface area contributed by atoms with E-state index in [4.69, 9.17) is 4.74 Å². The van der Waals surface area contributed by atoms with Crippen LogP contribution in [0.3, 0.4) is 0 Å². The quantitative estimate of drug-likeness (QED) is 0.863. The van der Waals surface area contributed by atoms with Gasteiger partial charge in [-0.1, -0.05) is 6.92 Å². The van der Waals surface area contributed by atoms with Crippen LogP contribution >= 0.6 is 0 Å². The van der Waals surface area contributed by atoms with Gasteiger partial charge in [-0.25, -0.2) is 4.68 Å². The minimum absolute atomic E-state index is 0.562. The highest BCUT2D eigenvalue weighted by Crippen LogP contribution is 2.23. The van der Waals surface area contributed by atoms with Crippen molar-refractivity contribution < 1.29 is 9.84 Å². The standard InChI is InChI=1S/C12H18N4O2/c1-4-7-16-10(5-6-13-16)12(17)9-8-11(18-3)15(2)14-9/h5-6,8,12,17H,4,7H2,1-3H3. The lowest BCUT2D eigenvalue weighted by Gasteiger charge is -2.10. The molecule has 6 nitrogen and oxygen atoms in total. The van der Waals surface area contributed by atoms with Crippen LogP contribution in [0, 0.1) is 0 Å². The number of aliphatic hydroxyl groups excluding tert-OH is 1. The molecule has 6 heteroatoms. The summed E-state index contributed by atoms with van der Waals surface area (Å²) in [7, 11) is 3.35. The maximum atomic E-state index is 10.3. The third kappa shape index (κ3) is 2.24. The van der Waals surface area contributed by atoms with Gasteiger partial charge in [-0.3, -0.25) is 4.68 Å². The van der Waals surface area contributed by atoms with E-state index in [0.29, 0.717) is 11.6 Å². The SMILES string of the molecule is CCCn1nccc1C(O)c1cc(OC)n(C)n1. The molecule has 1 atom stereocenters. The zero-order chi connectivity index (χ0) is 13.1. The normalized spacial score (nSPS) is 12.7. The second-order valence-electron chi connectivity index (χ2n) is 4.12. The van der Waals surface area contributed by atoms with E-state index in [-0.39, 0.29) is 0 Å². The molecule has 0 fully saturated rings. The van der Waals surface area contributed by atoms with Crippen LogP contribution in [0.4, 0.5) is 0 Å². The predicted octanol–water partition coefficient (Wildman–Crippen LogP) is 1.12. The van der Waals surface area contributed by atoms with Crippen LogP contribution in [0.5, 0.6) is 5.88 Å². The first-order chi connectivity index (χ1) is 8.67. The molecule has 2 aromatic rings. The lowest BCUT2D eigenvalue weighted by molar-refractivity contribution is 0.201. The molecular weight excluding hydrogens is 232 g/mol. The van der Waals surface area contributed by atoms with E-state index >= 15 is 0 Å². The molecule has 2 rings (SSSR count). The average Bonchev–Trinajstić information content (AvgIpc) is 2.95. The molecule has 0 saturated heterocycles. The van der Waals surface area contributed by atoms with Crippen LogP contribution in [-0.2, 0) is 13.6 Å². The van der Waals surface area contributed by atoms with Gasteiger partial charge in [0, 0.05) is 25.9 Å². The Morgan fingerprint density at radius 1 is 1.50 bits per heavy atom. The highest BCUT2D eigenvalue weighted by atomic mass is 16.5. The monoisotopic (exact) mass is 250 g/mol. The van der Waals surface area contributed by atoms with Gasteiger partial charge in [0.05, 0.1) is 12.8 Å². The maximum absolute atomic E-state index is 10.3. The number of aromatic nitrogens is 4. The highest BCUT2D eigenvalue weighted by Gasteiger charge is 2.19. The summed E-state index contributed by atoms with van der Waals surface area (Å²) in [6.45, 7) is 2.85. The first-order valence-electron chi connectivity index (χ1n) is 5.95. The fourth-order valence-electron chi connectivity index (χ4n) is 1.92. The number of nitrogens with zero attached hydrogens (tertiary/aromatic N) is 4. The molecule has 0 radical (unpaired) electrons. The third-order valence-electron chi connectivity index (χ3n) is 2.81. The number of ether oxygens (including phenoxy) is 1. The fourth-order valence-corrected chi connectivity index (χ4v) is 1.92. The van der Waals surface area contributed by atoms with Crippen molar-refractivity contribution in [3.63, 3.8) is 0 Å². The zero-order valence-electron chi connectivity index (χ0n) is 10.9. The maximum Gasteiger partial charge on any atom is 0.211 e. The van der Waals surface area contributed by atoms with E-state index < -0.39 is 6.10 Å².